The van der Waals surface area contributed by atoms with Crippen LogP contribution in [-0.2, 0) is 16.1 Å². The molecule has 0 aromatic carbocycles. The van der Waals surface area contributed by atoms with E-state index >= 15 is 0 Å². The molecule has 1 N–H and O–H groups in total. The van der Waals surface area contributed by atoms with Gasteiger partial charge in [0, 0.05) is 21.2 Å². The molecule has 0 aliphatic rings. The molecule has 0 unspecified atom stereocenters. The van der Waals surface area contributed by atoms with Gasteiger partial charge in [0.2, 0.25) is 5.91 Å². The average Bonchev–Trinajstić information content (AvgIpc) is 2.38. The molecule has 8 heteroatoms. The van der Waals surface area contributed by atoms with Gasteiger partial charge in [-0.1, -0.05) is 11.6 Å². The molecule has 0 saturated heterocycles. The molecular formula is C11H17ClN4O3. The molecule has 1 amide bonds. The first-order valence-corrected chi connectivity index (χ1v) is 6.03. The molecule has 0 radical (unpaired) electrons. The minimum absolute atomic E-state index is 0.0117. The van der Waals surface area contributed by atoms with Crippen LogP contribution in [0.15, 0.2) is 11.0 Å². The zero-order valence-corrected chi connectivity index (χ0v) is 11.9. The molecule has 0 saturated carbocycles. The maximum absolute atomic E-state index is 11.9. The Hall–Kier alpha value is -1.60. The lowest BCUT2D eigenvalue weighted by Gasteiger charge is -2.13. The van der Waals surface area contributed by atoms with Crippen LogP contribution in [0, 0.1) is 0 Å². The number of rotatable bonds is 6. The number of nitrogens with one attached hydrogen (secondary N) is 1. The van der Waals surface area contributed by atoms with E-state index in [1.807, 2.05) is 0 Å². The second-order valence-corrected chi connectivity index (χ2v) is 4.41. The highest BCUT2D eigenvalue weighted by atomic mass is 35.5. The van der Waals surface area contributed by atoms with Crippen LogP contribution in [0.4, 0.5) is 5.69 Å². The van der Waals surface area contributed by atoms with Crippen molar-refractivity contribution in [3.63, 3.8) is 0 Å². The van der Waals surface area contributed by atoms with E-state index in [1.54, 1.807) is 14.1 Å². The van der Waals surface area contributed by atoms with E-state index in [2.05, 4.69) is 10.4 Å². The van der Waals surface area contributed by atoms with Crippen molar-refractivity contribution in [2.45, 2.75) is 6.54 Å². The molecular weight excluding hydrogens is 272 g/mol. The predicted octanol–water partition coefficient (Wildman–Crippen LogP) is 0.0432. The molecule has 0 aliphatic heterocycles. The van der Waals surface area contributed by atoms with Gasteiger partial charge in [-0.2, -0.15) is 5.10 Å². The van der Waals surface area contributed by atoms with Crippen molar-refractivity contribution in [1.82, 2.24) is 14.7 Å². The Morgan fingerprint density at radius 1 is 1.58 bits per heavy atom. The Balaban J connectivity index is 2.79. The fourth-order valence-corrected chi connectivity index (χ4v) is 1.47. The number of methoxy groups -OCH3 is 1. The lowest BCUT2D eigenvalue weighted by atomic mass is 10.4. The van der Waals surface area contributed by atoms with Crippen molar-refractivity contribution in [1.29, 1.82) is 0 Å². The van der Waals surface area contributed by atoms with Gasteiger partial charge in [0.1, 0.15) is 5.02 Å². The van der Waals surface area contributed by atoms with Crippen LogP contribution < -0.4 is 10.9 Å². The van der Waals surface area contributed by atoms with Crippen molar-refractivity contribution < 1.29 is 9.53 Å². The fraction of sp³-hybridized carbons (Fsp3) is 0.545. The summed E-state index contributed by atoms with van der Waals surface area (Å²) in [6, 6.07) is 0. The third-order valence-electron chi connectivity index (χ3n) is 2.42. The number of anilines is 1. The van der Waals surface area contributed by atoms with Crippen molar-refractivity contribution >= 4 is 23.2 Å². The molecule has 1 rings (SSSR count). The van der Waals surface area contributed by atoms with Gasteiger partial charge in [0.05, 0.1) is 31.6 Å². The van der Waals surface area contributed by atoms with Crippen LogP contribution in [0.1, 0.15) is 0 Å². The maximum Gasteiger partial charge on any atom is 0.287 e. The third-order valence-corrected chi connectivity index (χ3v) is 2.79. The van der Waals surface area contributed by atoms with Crippen LogP contribution in [0.3, 0.4) is 0 Å². The summed E-state index contributed by atoms with van der Waals surface area (Å²) in [4.78, 5) is 24.7. The number of hydrogen-bond donors (Lipinski definition) is 1. The Morgan fingerprint density at radius 2 is 2.26 bits per heavy atom. The van der Waals surface area contributed by atoms with Crippen molar-refractivity contribution in [2.24, 2.45) is 0 Å². The average molecular weight is 289 g/mol. The molecule has 0 aliphatic carbocycles. The molecule has 7 nitrogen and oxygen atoms in total. The summed E-state index contributed by atoms with van der Waals surface area (Å²) in [5.74, 6) is -0.125. The molecule has 0 fully saturated rings. The first kappa shape index (κ1) is 15.5. The van der Waals surface area contributed by atoms with Gasteiger partial charge in [-0.25, -0.2) is 4.68 Å². The summed E-state index contributed by atoms with van der Waals surface area (Å²) in [7, 11) is 4.83. The highest BCUT2D eigenvalue weighted by Gasteiger charge is 2.10. The minimum atomic E-state index is -0.416. The Kier molecular flexibility index (Phi) is 5.78. The van der Waals surface area contributed by atoms with Gasteiger partial charge in [-0.3, -0.25) is 9.59 Å². The summed E-state index contributed by atoms with van der Waals surface area (Å²) in [5, 5.41) is 6.75. The Labute approximate surface area is 116 Å². The molecule has 0 atom stereocenters. The first-order chi connectivity index (χ1) is 8.97. The quantitative estimate of drug-likeness (QED) is 0.800. The topological polar surface area (TPSA) is 76.5 Å². The van der Waals surface area contributed by atoms with Crippen LogP contribution in [-0.4, -0.2) is 54.9 Å². The number of ether oxygens (including phenoxy) is 1. The first-order valence-electron chi connectivity index (χ1n) is 5.66. The number of halogens is 1. The SMILES string of the molecule is COCCn1ncc(NCC(=O)N(C)C)c(Cl)c1=O. The number of carbonyl (C=O) groups is 1. The third kappa shape index (κ3) is 4.22. The highest BCUT2D eigenvalue weighted by molar-refractivity contribution is 6.33. The number of carbonyl (C=O) groups excluding carboxylic acids is 1. The van der Waals surface area contributed by atoms with Gasteiger partial charge in [0.25, 0.3) is 5.56 Å². The molecule has 1 aromatic heterocycles. The van der Waals surface area contributed by atoms with Crippen molar-refractivity contribution in [2.75, 3.05) is 39.7 Å². The van der Waals surface area contributed by atoms with E-state index in [-0.39, 0.29) is 17.5 Å². The van der Waals surface area contributed by atoms with Crippen molar-refractivity contribution in [3.05, 3.63) is 21.6 Å². The highest BCUT2D eigenvalue weighted by Crippen LogP contribution is 2.14. The van der Waals surface area contributed by atoms with Gasteiger partial charge in [0.15, 0.2) is 0 Å². The van der Waals surface area contributed by atoms with Gasteiger partial charge in [-0.15, -0.1) is 0 Å². The van der Waals surface area contributed by atoms with Crippen LogP contribution >= 0.6 is 11.6 Å². The maximum atomic E-state index is 11.9. The zero-order chi connectivity index (χ0) is 14.4. The monoisotopic (exact) mass is 288 g/mol. The number of likely N-dealkylation sites (N-methyl/N-ethyl adjacent to an activating group) is 1. The summed E-state index contributed by atoms with van der Waals surface area (Å²) in [6.45, 7) is 0.747. The number of aromatic nitrogens is 2. The van der Waals surface area contributed by atoms with E-state index in [1.165, 1.54) is 22.9 Å². The summed E-state index contributed by atoms with van der Waals surface area (Å²) >= 11 is 5.94. The van der Waals surface area contributed by atoms with E-state index in [0.717, 1.165) is 0 Å². The van der Waals surface area contributed by atoms with E-state index in [4.69, 9.17) is 16.3 Å². The second kappa shape index (κ2) is 7.10. The largest absolute Gasteiger partial charge is 0.383 e. The minimum Gasteiger partial charge on any atom is -0.383 e. The zero-order valence-electron chi connectivity index (χ0n) is 11.1. The molecule has 0 bridgehead atoms. The number of nitrogens with zero attached hydrogens (tertiary/aromatic N) is 3. The number of hydrogen-bond acceptors (Lipinski definition) is 5. The molecule has 19 heavy (non-hydrogen) atoms. The summed E-state index contributed by atoms with van der Waals surface area (Å²) < 4.78 is 6.08. The van der Waals surface area contributed by atoms with Gasteiger partial charge in [-0.05, 0) is 0 Å². The molecule has 1 heterocycles. The van der Waals surface area contributed by atoms with E-state index in [9.17, 15) is 9.59 Å². The lowest BCUT2D eigenvalue weighted by molar-refractivity contribution is -0.126. The van der Waals surface area contributed by atoms with Gasteiger partial charge >= 0.3 is 0 Å². The van der Waals surface area contributed by atoms with E-state index < -0.39 is 5.56 Å². The lowest BCUT2D eigenvalue weighted by Crippen LogP contribution is -2.30. The number of amides is 1. The van der Waals surface area contributed by atoms with Gasteiger partial charge < -0.3 is 15.0 Å². The Bertz CT molecular complexity index is 501. The van der Waals surface area contributed by atoms with Crippen LogP contribution in [0.5, 0.6) is 0 Å². The molecule has 0 spiro atoms. The predicted molar refractivity (Wildman–Crippen MR) is 72.6 cm³/mol. The molecule has 106 valence electrons. The smallest absolute Gasteiger partial charge is 0.287 e. The van der Waals surface area contributed by atoms with Crippen molar-refractivity contribution in [3.8, 4) is 0 Å². The normalized spacial score (nSPS) is 10.3. The summed E-state index contributed by atoms with van der Waals surface area (Å²) in [5.41, 5.74) is -0.0726. The van der Waals surface area contributed by atoms with E-state index in [0.29, 0.717) is 18.8 Å². The summed E-state index contributed by atoms with van der Waals surface area (Å²) in [6.07, 6.45) is 1.42. The Morgan fingerprint density at radius 3 is 2.84 bits per heavy atom. The standard InChI is InChI=1S/C11H17ClN4O3/c1-15(2)9(17)7-13-8-6-14-16(4-5-19-3)11(18)10(8)12/h6,13H,4-5,7H2,1-3H3. The second-order valence-electron chi connectivity index (χ2n) is 4.04. The fourth-order valence-electron chi connectivity index (χ4n) is 1.25. The molecule has 1 aromatic rings. The van der Waals surface area contributed by atoms with Crippen LogP contribution in [0.2, 0.25) is 5.02 Å². The van der Waals surface area contributed by atoms with Crippen LogP contribution in [0.25, 0.3) is 0 Å².